The Labute approximate surface area is 126 Å². The van der Waals surface area contributed by atoms with Crippen molar-refractivity contribution in [3.8, 4) is 0 Å². The number of quaternary nitrogens is 1. The number of nitrogens with one attached hydrogen (secondary N) is 2. The van der Waals surface area contributed by atoms with Gasteiger partial charge in [0.1, 0.15) is 6.04 Å². The Hall–Kier alpha value is -1.61. The maximum absolute atomic E-state index is 12.9. The third kappa shape index (κ3) is 3.03. The fourth-order valence-electron chi connectivity index (χ4n) is 3.49. The van der Waals surface area contributed by atoms with Crippen LogP contribution in [0.5, 0.6) is 0 Å². The molecule has 0 radical (unpaired) electrons. The third-order valence-electron chi connectivity index (χ3n) is 4.86. The number of carbonyl (C=O) groups excluding carboxylic acids is 1. The summed E-state index contributed by atoms with van der Waals surface area (Å²) in [6.45, 7) is 4.37. The molecule has 0 aliphatic carbocycles. The predicted molar refractivity (Wildman–Crippen MR) is 85.9 cm³/mol. The van der Waals surface area contributed by atoms with Gasteiger partial charge >= 0.3 is 0 Å². The number of aromatic amines is 1. The molecule has 2 aromatic rings. The Morgan fingerprint density at radius 3 is 2.52 bits per heavy atom. The van der Waals surface area contributed by atoms with Gasteiger partial charge in [-0.05, 0) is 38.7 Å². The van der Waals surface area contributed by atoms with E-state index in [1.165, 1.54) is 37.0 Å². The second kappa shape index (κ2) is 6.44. The second-order valence-corrected chi connectivity index (χ2v) is 6.26. The highest BCUT2D eigenvalue weighted by molar-refractivity contribution is 6.09. The number of H-pyrrole nitrogens is 1. The molecule has 3 nitrogen and oxygen atoms in total. The molecule has 1 aliphatic rings. The van der Waals surface area contributed by atoms with Crippen LogP contribution in [0.4, 0.5) is 0 Å². The van der Waals surface area contributed by atoms with Gasteiger partial charge in [0.2, 0.25) is 5.78 Å². The molecule has 1 aliphatic heterocycles. The van der Waals surface area contributed by atoms with Crippen LogP contribution in [0.25, 0.3) is 10.9 Å². The molecule has 2 N–H and O–H groups in total. The van der Waals surface area contributed by atoms with Gasteiger partial charge in [-0.3, -0.25) is 4.79 Å². The van der Waals surface area contributed by atoms with E-state index in [0.717, 1.165) is 29.6 Å². The number of hydrogen-bond donors (Lipinski definition) is 2. The van der Waals surface area contributed by atoms with E-state index in [2.05, 4.69) is 11.9 Å². The van der Waals surface area contributed by atoms with Crippen LogP contribution in [0.15, 0.2) is 30.5 Å². The minimum absolute atomic E-state index is 0.0577. The van der Waals surface area contributed by atoms with Crippen molar-refractivity contribution < 1.29 is 9.69 Å². The van der Waals surface area contributed by atoms with Crippen molar-refractivity contribution in [1.82, 2.24) is 4.98 Å². The Balaban J connectivity index is 1.80. The minimum Gasteiger partial charge on any atom is -0.360 e. The summed E-state index contributed by atoms with van der Waals surface area (Å²) in [6.07, 6.45) is 8.38. The summed E-state index contributed by atoms with van der Waals surface area (Å²) in [5.41, 5.74) is 1.91. The lowest BCUT2D eigenvalue weighted by Gasteiger charge is -2.26. The fourth-order valence-corrected chi connectivity index (χ4v) is 3.49. The largest absolute Gasteiger partial charge is 0.360 e. The first-order valence-corrected chi connectivity index (χ1v) is 8.22. The lowest BCUT2D eigenvalue weighted by Crippen LogP contribution is -3.16. The van der Waals surface area contributed by atoms with Gasteiger partial charge in [0.25, 0.3) is 0 Å². The van der Waals surface area contributed by atoms with E-state index in [9.17, 15) is 4.79 Å². The monoisotopic (exact) mass is 285 g/mol. The highest BCUT2D eigenvalue weighted by Crippen LogP contribution is 2.18. The lowest BCUT2D eigenvalue weighted by molar-refractivity contribution is -0.914. The number of rotatable bonds is 3. The molecule has 3 rings (SSSR count). The molecule has 1 atom stereocenters. The highest BCUT2D eigenvalue weighted by Gasteiger charge is 2.27. The van der Waals surface area contributed by atoms with Gasteiger partial charge in [0, 0.05) is 22.7 Å². The van der Waals surface area contributed by atoms with Crippen molar-refractivity contribution in [2.75, 3.05) is 13.1 Å². The van der Waals surface area contributed by atoms with Crippen LogP contribution in [0.3, 0.4) is 0 Å². The lowest BCUT2D eigenvalue weighted by atomic mass is 10.0. The Morgan fingerprint density at radius 1 is 1.10 bits per heavy atom. The molecule has 0 unspecified atom stereocenters. The van der Waals surface area contributed by atoms with Crippen LogP contribution in [-0.2, 0) is 0 Å². The summed E-state index contributed by atoms with van der Waals surface area (Å²) in [6, 6.07) is 8.12. The van der Waals surface area contributed by atoms with Crippen LogP contribution in [-0.4, -0.2) is 29.9 Å². The van der Waals surface area contributed by atoms with Gasteiger partial charge in [0.15, 0.2) is 0 Å². The molecule has 112 valence electrons. The minimum atomic E-state index is 0.0577. The SMILES string of the molecule is C[C@H](C(=O)c1c[nH]c2ccccc12)[NH+]1CCCCCCC1. The Morgan fingerprint density at radius 2 is 1.76 bits per heavy atom. The van der Waals surface area contributed by atoms with E-state index in [4.69, 9.17) is 0 Å². The first kappa shape index (κ1) is 14.3. The van der Waals surface area contributed by atoms with E-state index in [1.807, 2.05) is 30.5 Å². The number of para-hydroxylation sites is 1. The van der Waals surface area contributed by atoms with Crippen LogP contribution in [0, 0.1) is 0 Å². The molecular weight excluding hydrogens is 260 g/mol. The van der Waals surface area contributed by atoms with Gasteiger partial charge in [-0.25, -0.2) is 0 Å². The summed E-state index contributed by atoms with van der Waals surface area (Å²) in [5.74, 6) is 0.281. The summed E-state index contributed by atoms with van der Waals surface area (Å²) >= 11 is 0. The smallest absolute Gasteiger partial charge is 0.221 e. The zero-order valence-electron chi connectivity index (χ0n) is 12.8. The van der Waals surface area contributed by atoms with Crippen molar-refractivity contribution in [2.24, 2.45) is 0 Å². The van der Waals surface area contributed by atoms with Crippen molar-refractivity contribution in [2.45, 2.75) is 45.1 Å². The molecule has 1 fully saturated rings. The number of carbonyl (C=O) groups is 1. The molecule has 1 aromatic carbocycles. The van der Waals surface area contributed by atoms with Gasteiger partial charge < -0.3 is 9.88 Å². The van der Waals surface area contributed by atoms with Gasteiger partial charge in [0.05, 0.1) is 13.1 Å². The van der Waals surface area contributed by atoms with Gasteiger partial charge in [-0.2, -0.15) is 0 Å². The molecule has 0 saturated carbocycles. The maximum Gasteiger partial charge on any atom is 0.221 e. The zero-order chi connectivity index (χ0) is 14.7. The summed E-state index contributed by atoms with van der Waals surface area (Å²) in [7, 11) is 0. The van der Waals surface area contributed by atoms with E-state index >= 15 is 0 Å². The van der Waals surface area contributed by atoms with E-state index in [1.54, 1.807) is 0 Å². The molecule has 0 bridgehead atoms. The number of ketones is 1. The number of likely N-dealkylation sites (tertiary alicyclic amines) is 1. The second-order valence-electron chi connectivity index (χ2n) is 6.26. The molecule has 0 spiro atoms. The first-order chi connectivity index (χ1) is 10.3. The van der Waals surface area contributed by atoms with E-state index in [-0.39, 0.29) is 11.8 Å². The van der Waals surface area contributed by atoms with E-state index in [0.29, 0.717) is 0 Å². The number of fused-ring (bicyclic) bond motifs is 1. The molecular formula is C18H25N2O+. The first-order valence-electron chi connectivity index (χ1n) is 8.22. The molecule has 1 saturated heterocycles. The maximum atomic E-state index is 12.9. The average molecular weight is 285 g/mol. The third-order valence-corrected chi connectivity index (χ3v) is 4.86. The van der Waals surface area contributed by atoms with Crippen LogP contribution in [0.1, 0.15) is 49.4 Å². The molecule has 2 heterocycles. The van der Waals surface area contributed by atoms with Crippen molar-refractivity contribution >= 4 is 16.7 Å². The van der Waals surface area contributed by atoms with Gasteiger partial charge in [-0.15, -0.1) is 0 Å². The summed E-state index contributed by atoms with van der Waals surface area (Å²) in [4.78, 5) is 17.6. The zero-order valence-corrected chi connectivity index (χ0v) is 12.8. The molecule has 21 heavy (non-hydrogen) atoms. The summed E-state index contributed by atoms with van der Waals surface area (Å²) in [5, 5.41) is 1.06. The average Bonchev–Trinajstić information content (AvgIpc) is 2.89. The van der Waals surface area contributed by atoms with Crippen LogP contribution in [0.2, 0.25) is 0 Å². The number of benzene rings is 1. The number of aromatic nitrogens is 1. The molecule has 3 heteroatoms. The Kier molecular flexibility index (Phi) is 4.39. The normalized spacial score (nSPS) is 19.1. The fraction of sp³-hybridized carbons (Fsp3) is 0.500. The van der Waals surface area contributed by atoms with Crippen molar-refractivity contribution in [3.05, 3.63) is 36.0 Å². The topological polar surface area (TPSA) is 37.3 Å². The number of Topliss-reactive ketones (excluding diaryl/α,β-unsaturated/α-hetero) is 1. The van der Waals surface area contributed by atoms with Crippen LogP contribution >= 0.6 is 0 Å². The van der Waals surface area contributed by atoms with Crippen molar-refractivity contribution in [3.63, 3.8) is 0 Å². The highest BCUT2D eigenvalue weighted by atomic mass is 16.1. The van der Waals surface area contributed by atoms with Gasteiger partial charge in [-0.1, -0.05) is 24.6 Å². The van der Waals surface area contributed by atoms with Crippen molar-refractivity contribution in [1.29, 1.82) is 0 Å². The quantitative estimate of drug-likeness (QED) is 0.836. The Bertz CT molecular complexity index is 608. The predicted octanol–water partition coefficient (Wildman–Crippen LogP) is 2.59. The summed E-state index contributed by atoms with van der Waals surface area (Å²) < 4.78 is 0. The standard InChI is InChI=1S/C18H24N2O/c1-14(20-11-7-3-2-4-8-12-20)18(21)16-13-19-17-10-6-5-9-15(16)17/h5-6,9-10,13-14,19H,2-4,7-8,11-12H2,1H3/p+1/t14-/m1/s1. The molecule has 0 amide bonds. The van der Waals surface area contributed by atoms with E-state index < -0.39 is 0 Å². The molecule has 1 aromatic heterocycles. The number of hydrogen-bond acceptors (Lipinski definition) is 1. The van der Waals surface area contributed by atoms with Crippen LogP contribution < -0.4 is 4.90 Å².